The van der Waals surface area contributed by atoms with E-state index in [9.17, 15) is 9.59 Å². The van der Waals surface area contributed by atoms with Gasteiger partial charge < -0.3 is 19.4 Å². The number of anilines is 1. The van der Waals surface area contributed by atoms with Gasteiger partial charge in [-0.05, 0) is 57.9 Å². The van der Waals surface area contributed by atoms with Crippen LogP contribution >= 0.6 is 11.6 Å². The van der Waals surface area contributed by atoms with Gasteiger partial charge in [0.05, 0.1) is 5.69 Å². The minimum atomic E-state index is -0.528. The second kappa shape index (κ2) is 10.7. The lowest BCUT2D eigenvalue weighted by Gasteiger charge is -2.39. The van der Waals surface area contributed by atoms with E-state index in [1.807, 2.05) is 56.1 Å². The second-order valence-electron chi connectivity index (χ2n) is 10.8. The van der Waals surface area contributed by atoms with Crippen molar-refractivity contribution < 1.29 is 14.3 Å². The molecule has 2 amide bonds. The van der Waals surface area contributed by atoms with Crippen LogP contribution in [0.3, 0.4) is 0 Å². The zero-order chi connectivity index (χ0) is 26.9. The molecular weight excluding hydrogens is 504 g/mol. The maximum absolute atomic E-state index is 13.3. The summed E-state index contributed by atoms with van der Waals surface area (Å²) in [7, 11) is 0. The van der Waals surface area contributed by atoms with Crippen LogP contribution in [0.1, 0.15) is 33.6 Å². The Morgan fingerprint density at radius 2 is 1.68 bits per heavy atom. The van der Waals surface area contributed by atoms with Crippen molar-refractivity contribution >= 4 is 40.2 Å². The minimum absolute atomic E-state index is 0.0329. The first kappa shape index (κ1) is 26.2. The van der Waals surface area contributed by atoms with Crippen LogP contribution in [0.15, 0.2) is 42.9 Å². The highest BCUT2D eigenvalue weighted by atomic mass is 35.5. The topological polar surface area (TPSA) is 91.8 Å². The predicted molar refractivity (Wildman–Crippen MR) is 147 cm³/mol. The van der Waals surface area contributed by atoms with Gasteiger partial charge in [0.1, 0.15) is 16.6 Å². The number of aromatic nitrogens is 3. The number of piperidine rings is 1. The molecule has 0 radical (unpaired) electrons. The highest BCUT2D eigenvalue weighted by Gasteiger charge is 2.33. The van der Waals surface area contributed by atoms with Crippen molar-refractivity contribution in [3.8, 4) is 11.3 Å². The number of piperazine rings is 1. The van der Waals surface area contributed by atoms with Crippen LogP contribution in [-0.4, -0.2) is 81.6 Å². The van der Waals surface area contributed by atoms with Gasteiger partial charge in [-0.2, -0.15) is 0 Å². The summed E-state index contributed by atoms with van der Waals surface area (Å²) >= 11 is 6.14. The van der Waals surface area contributed by atoms with Gasteiger partial charge in [0.25, 0.3) is 0 Å². The van der Waals surface area contributed by atoms with E-state index in [1.54, 1.807) is 17.3 Å². The van der Waals surface area contributed by atoms with E-state index in [-0.39, 0.29) is 17.9 Å². The number of hydrogen-bond donors (Lipinski definition) is 0. The van der Waals surface area contributed by atoms with Crippen molar-refractivity contribution in [2.45, 2.75) is 39.2 Å². The van der Waals surface area contributed by atoms with E-state index in [2.05, 4.69) is 14.9 Å². The molecule has 0 saturated carbocycles. The maximum Gasteiger partial charge on any atom is 0.410 e. The smallest absolute Gasteiger partial charge is 0.410 e. The number of hydrogen-bond acceptors (Lipinski definition) is 7. The van der Waals surface area contributed by atoms with Gasteiger partial charge in [0.2, 0.25) is 5.91 Å². The first-order valence-electron chi connectivity index (χ1n) is 13.1. The summed E-state index contributed by atoms with van der Waals surface area (Å²) in [4.78, 5) is 44.9. The molecular formula is C28H33ClN6O3. The van der Waals surface area contributed by atoms with Crippen molar-refractivity contribution in [3.63, 3.8) is 0 Å². The molecule has 38 heavy (non-hydrogen) atoms. The number of halogens is 1. The molecule has 9 nitrogen and oxygen atoms in total. The molecule has 2 aliphatic rings. The summed E-state index contributed by atoms with van der Waals surface area (Å²) < 4.78 is 5.47. The molecule has 0 bridgehead atoms. The standard InChI is InChI=1S/C28H33ClN6O3/c1-28(2,3)38-27(37)35-14-12-34(13-15-35)26(36)19-6-10-33(11-7-19)25-22-5-8-30-18-21(22)16-23(32-25)20-4-9-31-24(29)17-20/h4-5,8-9,16-19H,6-7,10-15H2,1-3H3. The molecule has 5 heterocycles. The lowest BCUT2D eigenvalue weighted by Crippen LogP contribution is -2.53. The normalized spacial score (nSPS) is 17.1. The summed E-state index contributed by atoms with van der Waals surface area (Å²) in [5.74, 6) is 1.04. The van der Waals surface area contributed by atoms with Crippen LogP contribution in [-0.2, 0) is 9.53 Å². The lowest BCUT2D eigenvalue weighted by atomic mass is 9.94. The van der Waals surface area contributed by atoms with Crippen LogP contribution in [0, 0.1) is 5.92 Å². The third kappa shape index (κ3) is 5.83. The zero-order valence-electron chi connectivity index (χ0n) is 22.1. The Bertz CT molecular complexity index is 1330. The number of ether oxygens (including phenoxy) is 1. The molecule has 0 spiro atoms. The molecule has 10 heteroatoms. The number of amides is 2. The van der Waals surface area contributed by atoms with E-state index in [4.69, 9.17) is 21.3 Å². The molecule has 2 fully saturated rings. The Balaban J connectivity index is 1.24. The Morgan fingerprint density at radius 1 is 0.974 bits per heavy atom. The summed E-state index contributed by atoms with van der Waals surface area (Å²) in [5, 5.41) is 2.46. The fraction of sp³-hybridized carbons (Fsp3) is 0.464. The summed E-state index contributed by atoms with van der Waals surface area (Å²) in [6.45, 7) is 9.11. The summed E-state index contributed by atoms with van der Waals surface area (Å²) in [6.07, 6.45) is 6.50. The maximum atomic E-state index is 13.3. The van der Waals surface area contributed by atoms with Gasteiger partial charge in [-0.25, -0.2) is 14.8 Å². The number of nitrogens with zero attached hydrogens (tertiary/aromatic N) is 6. The van der Waals surface area contributed by atoms with Crippen LogP contribution in [0.25, 0.3) is 22.0 Å². The average Bonchev–Trinajstić information content (AvgIpc) is 2.91. The largest absolute Gasteiger partial charge is 0.444 e. The van der Waals surface area contributed by atoms with E-state index in [0.717, 1.165) is 53.8 Å². The summed E-state index contributed by atoms with van der Waals surface area (Å²) in [5.41, 5.74) is 1.18. The molecule has 2 aliphatic heterocycles. The van der Waals surface area contributed by atoms with E-state index in [1.165, 1.54) is 0 Å². The van der Waals surface area contributed by atoms with Gasteiger partial charge in [0, 0.05) is 80.1 Å². The van der Waals surface area contributed by atoms with Gasteiger partial charge in [-0.3, -0.25) is 9.78 Å². The highest BCUT2D eigenvalue weighted by molar-refractivity contribution is 6.29. The average molecular weight is 537 g/mol. The molecule has 0 atom stereocenters. The molecule has 0 aromatic carbocycles. The quantitative estimate of drug-likeness (QED) is 0.450. The first-order valence-corrected chi connectivity index (χ1v) is 13.4. The van der Waals surface area contributed by atoms with Gasteiger partial charge in [0.15, 0.2) is 0 Å². The monoisotopic (exact) mass is 536 g/mol. The van der Waals surface area contributed by atoms with Gasteiger partial charge >= 0.3 is 6.09 Å². The molecule has 5 rings (SSSR count). The number of rotatable bonds is 3. The number of fused-ring (bicyclic) bond motifs is 1. The number of pyridine rings is 3. The Morgan fingerprint density at radius 3 is 2.37 bits per heavy atom. The molecule has 2 saturated heterocycles. The van der Waals surface area contributed by atoms with E-state index < -0.39 is 5.60 Å². The van der Waals surface area contributed by atoms with E-state index in [0.29, 0.717) is 31.3 Å². The van der Waals surface area contributed by atoms with Crippen molar-refractivity contribution in [2.75, 3.05) is 44.2 Å². The fourth-order valence-electron chi connectivity index (χ4n) is 5.06. The summed E-state index contributed by atoms with van der Waals surface area (Å²) in [6, 6.07) is 7.71. The molecule has 0 unspecified atom stereocenters. The third-order valence-electron chi connectivity index (χ3n) is 7.02. The molecule has 0 N–H and O–H groups in total. The van der Waals surface area contributed by atoms with Gasteiger partial charge in [-0.15, -0.1) is 0 Å². The van der Waals surface area contributed by atoms with Crippen LogP contribution in [0.5, 0.6) is 0 Å². The molecule has 3 aromatic rings. The Labute approximate surface area is 227 Å². The number of carbonyl (C=O) groups is 2. The third-order valence-corrected chi connectivity index (χ3v) is 7.23. The lowest BCUT2D eigenvalue weighted by molar-refractivity contribution is -0.138. The zero-order valence-corrected chi connectivity index (χ0v) is 22.8. The molecule has 3 aromatic heterocycles. The van der Waals surface area contributed by atoms with Crippen molar-refractivity contribution in [2.24, 2.45) is 5.92 Å². The first-order chi connectivity index (χ1) is 18.2. The SMILES string of the molecule is CC(C)(C)OC(=O)N1CCN(C(=O)C2CCN(c3nc(-c4ccnc(Cl)c4)cc4cnccc34)CC2)CC1. The predicted octanol–water partition coefficient (Wildman–Crippen LogP) is 4.64. The van der Waals surface area contributed by atoms with Crippen LogP contribution in [0.4, 0.5) is 10.6 Å². The van der Waals surface area contributed by atoms with E-state index >= 15 is 0 Å². The minimum Gasteiger partial charge on any atom is -0.444 e. The second-order valence-corrected chi connectivity index (χ2v) is 11.2. The Kier molecular flexibility index (Phi) is 7.38. The van der Waals surface area contributed by atoms with Crippen molar-refractivity contribution in [1.29, 1.82) is 0 Å². The van der Waals surface area contributed by atoms with Crippen molar-refractivity contribution in [3.05, 3.63) is 48.0 Å². The fourth-order valence-corrected chi connectivity index (χ4v) is 5.24. The molecule has 0 aliphatic carbocycles. The van der Waals surface area contributed by atoms with Gasteiger partial charge in [-0.1, -0.05) is 11.6 Å². The van der Waals surface area contributed by atoms with Crippen LogP contribution < -0.4 is 4.90 Å². The molecule has 200 valence electrons. The Hall–Kier alpha value is -3.46. The number of carbonyl (C=O) groups excluding carboxylic acids is 2. The highest BCUT2D eigenvalue weighted by Crippen LogP contribution is 2.33. The van der Waals surface area contributed by atoms with Crippen molar-refractivity contribution in [1.82, 2.24) is 24.8 Å². The van der Waals surface area contributed by atoms with Crippen LogP contribution in [0.2, 0.25) is 5.15 Å².